The number of amides is 1. The summed E-state index contributed by atoms with van der Waals surface area (Å²) < 4.78 is 0. The van der Waals surface area contributed by atoms with E-state index in [1.165, 1.54) is 83.7 Å². The first kappa shape index (κ1) is 22.2. The molecule has 0 aromatic heterocycles. The predicted molar refractivity (Wildman–Crippen MR) is 125 cm³/mol. The number of carbonyl (C=O) groups excluding carboxylic acids is 1. The SMILES string of the molecule is CC1C(=O)N(C2CCCC2)C2NC(CC3CCC(C4CCNCC4)CC3)NCC2C1C. The van der Waals surface area contributed by atoms with E-state index in [-0.39, 0.29) is 12.1 Å². The molecule has 3 heterocycles. The summed E-state index contributed by atoms with van der Waals surface area (Å²) in [7, 11) is 0. The van der Waals surface area contributed by atoms with Gasteiger partial charge in [0.1, 0.15) is 0 Å². The predicted octanol–water partition coefficient (Wildman–Crippen LogP) is 3.70. The molecule has 1 amide bonds. The lowest BCUT2D eigenvalue weighted by atomic mass is 9.71. The number of fused-ring (bicyclic) bond motifs is 1. The molecule has 5 rings (SSSR count). The molecule has 5 aliphatic rings. The number of hydrogen-bond acceptors (Lipinski definition) is 4. The van der Waals surface area contributed by atoms with Gasteiger partial charge in [-0.3, -0.25) is 10.1 Å². The lowest BCUT2D eigenvalue weighted by Crippen LogP contribution is -2.71. The number of hydrogen-bond donors (Lipinski definition) is 3. The average molecular weight is 431 g/mol. The third-order valence-corrected chi connectivity index (χ3v) is 10.0. The van der Waals surface area contributed by atoms with Crippen molar-refractivity contribution in [3.63, 3.8) is 0 Å². The highest BCUT2D eigenvalue weighted by molar-refractivity contribution is 5.80. The maximum Gasteiger partial charge on any atom is 0.227 e. The van der Waals surface area contributed by atoms with Crippen LogP contribution in [-0.4, -0.2) is 48.8 Å². The fraction of sp³-hybridized carbons (Fsp3) is 0.962. The van der Waals surface area contributed by atoms with Crippen LogP contribution in [0.3, 0.4) is 0 Å². The minimum Gasteiger partial charge on any atom is -0.324 e. The maximum absolute atomic E-state index is 13.3. The second kappa shape index (κ2) is 9.69. The zero-order valence-electron chi connectivity index (χ0n) is 20.0. The highest BCUT2D eigenvalue weighted by atomic mass is 16.2. The summed E-state index contributed by atoms with van der Waals surface area (Å²) >= 11 is 0. The fourth-order valence-corrected chi connectivity index (χ4v) is 7.79. The van der Waals surface area contributed by atoms with Crippen LogP contribution in [0.2, 0.25) is 0 Å². The molecule has 31 heavy (non-hydrogen) atoms. The van der Waals surface area contributed by atoms with Gasteiger partial charge in [-0.05, 0) is 81.7 Å². The van der Waals surface area contributed by atoms with Crippen molar-refractivity contribution in [2.45, 2.75) is 103 Å². The van der Waals surface area contributed by atoms with E-state index in [0.717, 1.165) is 24.3 Å². The van der Waals surface area contributed by atoms with Gasteiger partial charge in [0.15, 0.2) is 0 Å². The van der Waals surface area contributed by atoms with Crippen LogP contribution in [0.4, 0.5) is 0 Å². The molecular formula is C26H46N4O. The van der Waals surface area contributed by atoms with Crippen LogP contribution in [0.15, 0.2) is 0 Å². The van der Waals surface area contributed by atoms with Gasteiger partial charge in [-0.25, -0.2) is 0 Å². The number of nitrogens with one attached hydrogen (secondary N) is 3. The standard InChI is InChI=1S/C26H46N4O/c1-17-18(2)26(31)30(22-5-3-4-6-22)25-23(17)16-28-24(29-25)15-19-7-9-20(10-8-19)21-11-13-27-14-12-21/h17-25,27-29H,3-16H2,1-2H3. The third kappa shape index (κ3) is 4.56. The van der Waals surface area contributed by atoms with E-state index in [4.69, 9.17) is 0 Å². The van der Waals surface area contributed by atoms with E-state index in [9.17, 15) is 4.79 Å². The molecule has 3 N–H and O–H groups in total. The molecule has 0 bridgehead atoms. The highest BCUT2D eigenvalue weighted by Gasteiger charge is 2.49. The van der Waals surface area contributed by atoms with Crippen molar-refractivity contribution < 1.29 is 4.79 Å². The first-order valence-electron chi connectivity index (χ1n) is 13.6. The van der Waals surface area contributed by atoms with Crippen LogP contribution >= 0.6 is 0 Å². The first-order chi connectivity index (χ1) is 15.1. The Morgan fingerprint density at radius 1 is 0.903 bits per heavy atom. The van der Waals surface area contributed by atoms with Gasteiger partial charge < -0.3 is 15.5 Å². The Bertz CT molecular complexity index is 607. The Balaban J connectivity index is 1.18. The molecule has 0 radical (unpaired) electrons. The molecule has 5 fully saturated rings. The molecule has 3 aliphatic heterocycles. The summed E-state index contributed by atoms with van der Waals surface area (Å²) in [6, 6.07) is 0.474. The van der Waals surface area contributed by atoms with Crippen LogP contribution in [-0.2, 0) is 4.79 Å². The van der Waals surface area contributed by atoms with Crippen LogP contribution in [0.25, 0.3) is 0 Å². The smallest absolute Gasteiger partial charge is 0.227 e. The Morgan fingerprint density at radius 2 is 1.58 bits per heavy atom. The van der Waals surface area contributed by atoms with Gasteiger partial charge in [0.2, 0.25) is 5.91 Å². The quantitative estimate of drug-likeness (QED) is 0.637. The Kier molecular flexibility index (Phi) is 6.92. The molecule has 2 aliphatic carbocycles. The molecule has 176 valence electrons. The summed E-state index contributed by atoms with van der Waals surface area (Å²) in [4.78, 5) is 15.6. The average Bonchev–Trinajstić information content (AvgIpc) is 3.33. The molecule has 5 unspecified atom stereocenters. The van der Waals surface area contributed by atoms with Gasteiger partial charge >= 0.3 is 0 Å². The van der Waals surface area contributed by atoms with Crippen molar-refractivity contribution in [1.82, 2.24) is 20.9 Å². The normalized spacial score (nSPS) is 43.2. The maximum atomic E-state index is 13.3. The van der Waals surface area contributed by atoms with Crippen LogP contribution in [0, 0.1) is 35.5 Å². The van der Waals surface area contributed by atoms with Crippen LogP contribution < -0.4 is 16.0 Å². The third-order valence-electron chi connectivity index (χ3n) is 10.0. The second-order valence-electron chi connectivity index (χ2n) is 11.7. The summed E-state index contributed by atoms with van der Waals surface area (Å²) in [5.74, 6) is 4.37. The lowest BCUT2D eigenvalue weighted by molar-refractivity contribution is -0.156. The summed E-state index contributed by atoms with van der Waals surface area (Å²) in [5, 5.41) is 11.4. The van der Waals surface area contributed by atoms with Crippen molar-refractivity contribution in [3.8, 4) is 0 Å². The minimum absolute atomic E-state index is 0.160. The number of rotatable bonds is 4. The van der Waals surface area contributed by atoms with Crippen molar-refractivity contribution in [1.29, 1.82) is 0 Å². The number of likely N-dealkylation sites (tertiary alicyclic amines) is 1. The molecule has 5 atom stereocenters. The van der Waals surface area contributed by atoms with Crippen LogP contribution in [0.5, 0.6) is 0 Å². The van der Waals surface area contributed by atoms with Gasteiger partial charge in [-0.15, -0.1) is 0 Å². The largest absolute Gasteiger partial charge is 0.324 e. The molecule has 0 aromatic carbocycles. The Labute approximate surface area is 189 Å². The van der Waals surface area contributed by atoms with Gasteiger partial charge in [0, 0.05) is 24.4 Å². The monoisotopic (exact) mass is 430 g/mol. The van der Waals surface area contributed by atoms with Crippen molar-refractivity contribution in [2.24, 2.45) is 35.5 Å². The molecule has 2 saturated carbocycles. The minimum atomic E-state index is 0.160. The van der Waals surface area contributed by atoms with E-state index in [2.05, 4.69) is 34.7 Å². The Morgan fingerprint density at radius 3 is 2.29 bits per heavy atom. The van der Waals surface area contributed by atoms with Crippen molar-refractivity contribution >= 4 is 5.91 Å². The van der Waals surface area contributed by atoms with Crippen LogP contribution in [0.1, 0.15) is 84.5 Å². The van der Waals surface area contributed by atoms with Gasteiger partial charge in [0.05, 0.1) is 12.3 Å². The van der Waals surface area contributed by atoms with E-state index in [1.807, 2.05) is 0 Å². The number of piperidine rings is 2. The number of nitrogens with zero attached hydrogens (tertiary/aromatic N) is 1. The topological polar surface area (TPSA) is 56.4 Å². The van der Waals surface area contributed by atoms with E-state index in [0.29, 0.717) is 30.0 Å². The van der Waals surface area contributed by atoms with E-state index >= 15 is 0 Å². The second-order valence-corrected chi connectivity index (χ2v) is 11.7. The molecule has 5 nitrogen and oxygen atoms in total. The van der Waals surface area contributed by atoms with E-state index < -0.39 is 0 Å². The van der Waals surface area contributed by atoms with Gasteiger partial charge in [0.25, 0.3) is 0 Å². The molecule has 0 spiro atoms. The van der Waals surface area contributed by atoms with Gasteiger partial charge in [-0.2, -0.15) is 0 Å². The van der Waals surface area contributed by atoms with Gasteiger partial charge in [-0.1, -0.05) is 39.5 Å². The summed E-state index contributed by atoms with van der Waals surface area (Å²) in [6.45, 7) is 8.00. The lowest BCUT2D eigenvalue weighted by Gasteiger charge is -2.54. The summed E-state index contributed by atoms with van der Waals surface area (Å²) in [6.07, 6.45) is 15.3. The highest BCUT2D eigenvalue weighted by Crippen LogP contribution is 2.41. The molecular weight excluding hydrogens is 384 g/mol. The summed E-state index contributed by atoms with van der Waals surface area (Å²) in [5.41, 5.74) is 0. The van der Waals surface area contributed by atoms with E-state index in [1.54, 1.807) is 0 Å². The fourth-order valence-electron chi connectivity index (χ4n) is 7.79. The molecule has 0 aromatic rings. The first-order valence-corrected chi connectivity index (χ1v) is 13.6. The molecule has 3 saturated heterocycles. The number of carbonyl (C=O) groups is 1. The zero-order chi connectivity index (χ0) is 21.4. The Hall–Kier alpha value is -0.650. The zero-order valence-corrected chi connectivity index (χ0v) is 20.0. The van der Waals surface area contributed by atoms with Crippen molar-refractivity contribution in [2.75, 3.05) is 19.6 Å². The molecule has 5 heteroatoms. The van der Waals surface area contributed by atoms with Crippen molar-refractivity contribution in [3.05, 3.63) is 0 Å².